The maximum absolute atomic E-state index is 5.51. The molecule has 0 radical (unpaired) electrons. The molecule has 0 spiro atoms. The summed E-state index contributed by atoms with van der Waals surface area (Å²) in [6, 6.07) is 3.23. The van der Waals surface area contributed by atoms with E-state index in [2.05, 4.69) is 15.1 Å². The van der Waals surface area contributed by atoms with Crippen LogP contribution < -0.4 is 15.2 Å². The van der Waals surface area contributed by atoms with Gasteiger partial charge in [0.1, 0.15) is 5.82 Å². The first kappa shape index (κ1) is 10.2. The predicted octanol–water partition coefficient (Wildman–Crippen LogP) is 0.262. The molecule has 0 atom stereocenters. The van der Waals surface area contributed by atoms with E-state index in [-0.39, 0.29) is 0 Å². The zero-order chi connectivity index (χ0) is 11.5. The van der Waals surface area contributed by atoms with Crippen LogP contribution in [0.4, 0.5) is 5.82 Å². The van der Waals surface area contributed by atoms with Crippen molar-refractivity contribution in [2.24, 2.45) is 0 Å². The number of nitrogen functional groups attached to an aromatic ring is 1. The Morgan fingerprint density at radius 3 is 2.25 bits per heavy atom. The molecule has 0 unspecified atom stereocenters. The summed E-state index contributed by atoms with van der Waals surface area (Å²) in [4.78, 5) is 8.23. The van der Waals surface area contributed by atoms with Crippen LogP contribution in [-0.2, 0) is 0 Å². The van der Waals surface area contributed by atoms with Gasteiger partial charge in [-0.15, -0.1) is 5.10 Å². The quantitative estimate of drug-likeness (QED) is 0.799. The molecule has 0 saturated carbocycles. The van der Waals surface area contributed by atoms with Crippen LogP contribution in [0.5, 0.6) is 11.8 Å². The summed E-state index contributed by atoms with van der Waals surface area (Å²) in [5.74, 6) is 1.53. The van der Waals surface area contributed by atoms with Gasteiger partial charge in [0.05, 0.1) is 20.3 Å². The largest absolute Gasteiger partial charge is 0.481 e. The summed E-state index contributed by atoms with van der Waals surface area (Å²) >= 11 is 0. The highest BCUT2D eigenvalue weighted by Gasteiger charge is 2.07. The standard InChI is InChI=1S/C9H11N5O2/c1-15-7-5-8(16-2)12-9(11-7)14-4-3-6(10)13-14/h3-5H,1-2H3,(H2,10,13). The van der Waals surface area contributed by atoms with Gasteiger partial charge in [-0.3, -0.25) is 0 Å². The van der Waals surface area contributed by atoms with Gasteiger partial charge in [-0.2, -0.15) is 9.97 Å². The molecule has 84 valence electrons. The summed E-state index contributed by atoms with van der Waals surface area (Å²) in [6.45, 7) is 0. The molecule has 2 rings (SSSR count). The van der Waals surface area contributed by atoms with Crippen LogP contribution in [-0.4, -0.2) is 34.0 Å². The van der Waals surface area contributed by atoms with E-state index in [1.54, 1.807) is 18.3 Å². The molecule has 2 aromatic rings. The molecule has 16 heavy (non-hydrogen) atoms. The summed E-state index contributed by atoms with van der Waals surface area (Å²) < 4.78 is 11.5. The first-order valence-corrected chi connectivity index (χ1v) is 4.51. The average Bonchev–Trinajstić information content (AvgIpc) is 2.75. The number of nitrogens with two attached hydrogens (primary N) is 1. The van der Waals surface area contributed by atoms with Crippen LogP contribution in [0, 0.1) is 0 Å². The third kappa shape index (κ3) is 1.88. The van der Waals surface area contributed by atoms with E-state index < -0.39 is 0 Å². The number of ether oxygens (including phenoxy) is 2. The van der Waals surface area contributed by atoms with Crippen molar-refractivity contribution in [3.05, 3.63) is 18.3 Å². The molecule has 0 aliphatic carbocycles. The van der Waals surface area contributed by atoms with E-state index in [0.29, 0.717) is 23.5 Å². The third-order valence-corrected chi connectivity index (χ3v) is 1.90. The lowest BCUT2D eigenvalue weighted by Gasteiger charge is -2.05. The van der Waals surface area contributed by atoms with Crippen LogP contribution in [0.1, 0.15) is 0 Å². The monoisotopic (exact) mass is 221 g/mol. The Morgan fingerprint density at radius 1 is 1.19 bits per heavy atom. The molecule has 7 heteroatoms. The van der Waals surface area contributed by atoms with Gasteiger partial charge in [-0.25, -0.2) is 4.68 Å². The second-order valence-corrected chi connectivity index (χ2v) is 2.94. The number of anilines is 1. The van der Waals surface area contributed by atoms with Gasteiger partial charge >= 0.3 is 0 Å². The summed E-state index contributed by atoms with van der Waals surface area (Å²) in [5.41, 5.74) is 5.51. The van der Waals surface area contributed by atoms with Crippen LogP contribution in [0.3, 0.4) is 0 Å². The highest BCUT2D eigenvalue weighted by atomic mass is 16.5. The fraction of sp³-hybridized carbons (Fsp3) is 0.222. The van der Waals surface area contributed by atoms with Crippen molar-refractivity contribution in [3.8, 4) is 17.7 Å². The highest BCUT2D eigenvalue weighted by Crippen LogP contribution is 2.16. The Hall–Kier alpha value is -2.31. The van der Waals surface area contributed by atoms with Crippen LogP contribution >= 0.6 is 0 Å². The van der Waals surface area contributed by atoms with Crippen molar-refractivity contribution in [1.82, 2.24) is 19.7 Å². The van der Waals surface area contributed by atoms with Gasteiger partial charge < -0.3 is 15.2 Å². The fourth-order valence-corrected chi connectivity index (χ4v) is 1.15. The van der Waals surface area contributed by atoms with E-state index in [1.807, 2.05) is 0 Å². The lowest BCUT2D eigenvalue weighted by molar-refractivity contribution is 0.370. The Balaban J connectivity index is 2.47. The van der Waals surface area contributed by atoms with E-state index in [4.69, 9.17) is 15.2 Å². The average molecular weight is 221 g/mol. The molecule has 0 aromatic carbocycles. The maximum Gasteiger partial charge on any atom is 0.257 e. The zero-order valence-corrected chi connectivity index (χ0v) is 8.91. The van der Waals surface area contributed by atoms with Crippen molar-refractivity contribution >= 4 is 5.82 Å². The van der Waals surface area contributed by atoms with Gasteiger partial charge in [0.25, 0.3) is 5.95 Å². The summed E-state index contributed by atoms with van der Waals surface area (Å²) in [7, 11) is 3.03. The van der Waals surface area contributed by atoms with Crippen LogP contribution in [0.2, 0.25) is 0 Å². The minimum absolute atomic E-state index is 0.341. The minimum atomic E-state index is 0.341. The molecule has 2 N–H and O–H groups in total. The number of methoxy groups -OCH3 is 2. The SMILES string of the molecule is COc1cc(OC)nc(-n2ccc(N)n2)n1. The van der Waals surface area contributed by atoms with Crippen LogP contribution in [0.15, 0.2) is 18.3 Å². The topological polar surface area (TPSA) is 88.1 Å². The smallest absolute Gasteiger partial charge is 0.257 e. The summed E-state index contributed by atoms with van der Waals surface area (Å²) in [6.07, 6.45) is 1.66. The molecule has 0 bridgehead atoms. The zero-order valence-electron chi connectivity index (χ0n) is 8.91. The lowest BCUT2D eigenvalue weighted by Crippen LogP contribution is -2.05. The molecular weight excluding hydrogens is 210 g/mol. The number of rotatable bonds is 3. The molecule has 0 saturated heterocycles. The predicted molar refractivity (Wildman–Crippen MR) is 56.7 cm³/mol. The molecule has 2 aromatic heterocycles. The summed E-state index contributed by atoms with van der Waals surface area (Å²) in [5, 5.41) is 3.99. The molecule has 0 fully saturated rings. The van der Waals surface area contributed by atoms with Crippen molar-refractivity contribution < 1.29 is 9.47 Å². The van der Waals surface area contributed by atoms with E-state index in [9.17, 15) is 0 Å². The normalized spacial score (nSPS) is 10.1. The van der Waals surface area contributed by atoms with Crippen molar-refractivity contribution in [1.29, 1.82) is 0 Å². The highest BCUT2D eigenvalue weighted by molar-refractivity contribution is 5.30. The maximum atomic E-state index is 5.51. The van der Waals surface area contributed by atoms with Gasteiger partial charge in [-0.05, 0) is 0 Å². The van der Waals surface area contributed by atoms with Gasteiger partial charge in [0.15, 0.2) is 0 Å². The third-order valence-electron chi connectivity index (χ3n) is 1.90. The van der Waals surface area contributed by atoms with Gasteiger partial charge in [0, 0.05) is 12.3 Å². The molecule has 0 aliphatic heterocycles. The van der Waals surface area contributed by atoms with Crippen molar-refractivity contribution in [2.75, 3.05) is 20.0 Å². The number of hydrogen-bond acceptors (Lipinski definition) is 6. The molecule has 0 aliphatic rings. The number of hydrogen-bond donors (Lipinski definition) is 1. The first-order valence-electron chi connectivity index (χ1n) is 4.51. The van der Waals surface area contributed by atoms with E-state index in [0.717, 1.165) is 0 Å². The Kier molecular flexibility index (Phi) is 2.59. The van der Waals surface area contributed by atoms with E-state index in [1.165, 1.54) is 18.9 Å². The minimum Gasteiger partial charge on any atom is -0.481 e. The van der Waals surface area contributed by atoms with Gasteiger partial charge in [-0.1, -0.05) is 0 Å². The Bertz CT molecular complexity index is 474. The number of aromatic nitrogens is 4. The molecule has 2 heterocycles. The Morgan fingerprint density at radius 2 is 1.81 bits per heavy atom. The second-order valence-electron chi connectivity index (χ2n) is 2.94. The fourth-order valence-electron chi connectivity index (χ4n) is 1.15. The van der Waals surface area contributed by atoms with E-state index >= 15 is 0 Å². The first-order chi connectivity index (χ1) is 7.72. The Labute approximate surface area is 91.8 Å². The molecular formula is C9H11N5O2. The molecule has 0 amide bonds. The number of nitrogens with zero attached hydrogens (tertiary/aromatic N) is 4. The second kappa shape index (κ2) is 4.05. The van der Waals surface area contributed by atoms with Crippen molar-refractivity contribution in [2.45, 2.75) is 0 Å². The molecule has 7 nitrogen and oxygen atoms in total. The van der Waals surface area contributed by atoms with Crippen molar-refractivity contribution in [3.63, 3.8) is 0 Å². The van der Waals surface area contributed by atoms with Crippen LogP contribution in [0.25, 0.3) is 5.95 Å². The lowest BCUT2D eigenvalue weighted by atomic mass is 10.6. The van der Waals surface area contributed by atoms with Gasteiger partial charge in [0.2, 0.25) is 11.8 Å².